The minimum absolute atomic E-state index is 0.0562. The Morgan fingerprint density at radius 3 is 2.27 bits per heavy atom. The summed E-state index contributed by atoms with van der Waals surface area (Å²) in [6.07, 6.45) is 0. The zero-order chi connectivity index (χ0) is 19.3. The molecule has 0 heterocycles. The number of likely N-dealkylation sites (N-methyl/N-ethyl adjacent to an activating group) is 1. The van der Waals surface area contributed by atoms with Crippen molar-refractivity contribution in [3.05, 3.63) is 64.9 Å². The third-order valence-corrected chi connectivity index (χ3v) is 6.06. The van der Waals surface area contributed by atoms with E-state index in [2.05, 4.69) is 5.32 Å². The summed E-state index contributed by atoms with van der Waals surface area (Å²) in [6, 6.07) is 11.2. The molecule has 0 saturated heterocycles. The van der Waals surface area contributed by atoms with Gasteiger partial charge in [-0.15, -0.1) is 0 Å². The van der Waals surface area contributed by atoms with Gasteiger partial charge in [-0.05, 0) is 48.9 Å². The van der Waals surface area contributed by atoms with Gasteiger partial charge in [-0.3, -0.25) is 4.79 Å². The SMILES string of the molecule is CCN(CC(=O)N[C@@H](C)c1ccc(Cl)cc1)S(=O)(=O)c1ccc(F)cc1. The lowest BCUT2D eigenvalue weighted by atomic mass is 10.1. The molecule has 1 atom stereocenters. The largest absolute Gasteiger partial charge is 0.348 e. The summed E-state index contributed by atoms with van der Waals surface area (Å²) in [5.74, 6) is -0.957. The third-order valence-electron chi connectivity index (χ3n) is 3.87. The van der Waals surface area contributed by atoms with E-state index in [0.29, 0.717) is 5.02 Å². The summed E-state index contributed by atoms with van der Waals surface area (Å²) in [5, 5.41) is 3.36. The summed E-state index contributed by atoms with van der Waals surface area (Å²) in [4.78, 5) is 12.2. The van der Waals surface area contributed by atoms with E-state index in [4.69, 9.17) is 11.6 Å². The minimum Gasteiger partial charge on any atom is -0.348 e. The highest BCUT2D eigenvalue weighted by Gasteiger charge is 2.25. The van der Waals surface area contributed by atoms with Gasteiger partial charge >= 0.3 is 0 Å². The van der Waals surface area contributed by atoms with E-state index in [1.165, 1.54) is 12.1 Å². The van der Waals surface area contributed by atoms with Crippen LogP contribution in [0.15, 0.2) is 53.4 Å². The number of carbonyl (C=O) groups excluding carboxylic acids is 1. The molecule has 8 heteroatoms. The molecule has 2 rings (SSSR count). The topological polar surface area (TPSA) is 66.5 Å². The second-order valence-electron chi connectivity index (χ2n) is 5.73. The maximum Gasteiger partial charge on any atom is 0.243 e. The Bertz CT molecular complexity index is 855. The highest BCUT2D eigenvalue weighted by molar-refractivity contribution is 7.89. The predicted molar refractivity (Wildman–Crippen MR) is 98.8 cm³/mol. The van der Waals surface area contributed by atoms with Gasteiger partial charge in [0.15, 0.2) is 0 Å². The summed E-state index contributed by atoms with van der Waals surface area (Å²) in [5.41, 5.74) is 0.854. The Kier molecular flexibility index (Phi) is 6.75. The van der Waals surface area contributed by atoms with Crippen LogP contribution in [0.3, 0.4) is 0 Å². The van der Waals surface area contributed by atoms with E-state index >= 15 is 0 Å². The number of nitrogens with zero attached hydrogens (tertiary/aromatic N) is 1. The zero-order valence-electron chi connectivity index (χ0n) is 14.4. The van der Waals surface area contributed by atoms with Crippen molar-refractivity contribution in [1.29, 1.82) is 0 Å². The van der Waals surface area contributed by atoms with Gasteiger partial charge in [0.05, 0.1) is 17.5 Å². The molecule has 26 heavy (non-hydrogen) atoms. The minimum atomic E-state index is -3.88. The predicted octanol–water partition coefficient (Wildman–Crippen LogP) is 3.37. The molecule has 0 radical (unpaired) electrons. The van der Waals surface area contributed by atoms with Crippen LogP contribution in [0.2, 0.25) is 5.02 Å². The van der Waals surface area contributed by atoms with Gasteiger partial charge in [-0.1, -0.05) is 30.7 Å². The molecule has 0 aliphatic rings. The highest BCUT2D eigenvalue weighted by Crippen LogP contribution is 2.18. The molecule has 0 unspecified atom stereocenters. The number of halogens is 2. The quantitative estimate of drug-likeness (QED) is 0.777. The second-order valence-corrected chi connectivity index (χ2v) is 8.10. The fourth-order valence-corrected chi connectivity index (χ4v) is 3.94. The molecular weight excluding hydrogens is 379 g/mol. The Morgan fingerprint density at radius 1 is 1.15 bits per heavy atom. The van der Waals surface area contributed by atoms with Crippen LogP contribution in [0.5, 0.6) is 0 Å². The molecule has 1 N–H and O–H groups in total. The third kappa shape index (κ3) is 5.03. The molecule has 2 aromatic rings. The van der Waals surface area contributed by atoms with Gasteiger partial charge in [-0.25, -0.2) is 12.8 Å². The fraction of sp³-hybridized carbons (Fsp3) is 0.278. The number of amides is 1. The standard InChI is InChI=1S/C18H20ClFN2O3S/c1-3-22(26(24,25)17-10-8-16(20)9-11-17)12-18(23)21-13(2)14-4-6-15(19)7-5-14/h4-11,13H,3,12H2,1-2H3,(H,21,23)/t13-/m0/s1. The first-order valence-electron chi connectivity index (χ1n) is 8.04. The monoisotopic (exact) mass is 398 g/mol. The number of hydrogen-bond donors (Lipinski definition) is 1. The van der Waals surface area contributed by atoms with Crippen molar-refractivity contribution in [2.45, 2.75) is 24.8 Å². The second kappa shape index (κ2) is 8.62. The number of hydrogen-bond acceptors (Lipinski definition) is 3. The number of carbonyl (C=O) groups is 1. The molecule has 0 bridgehead atoms. The van der Waals surface area contributed by atoms with Crippen LogP contribution in [0.1, 0.15) is 25.5 Å². The van der Waals surface area contributed by atoms with Crippen LogP contribution < -0.4 is 5.32 Å². The normalized spacial score (nSPS) is 12.8. The lowest BCUT2D eigenvalue weighted by Crippen LogP contribution is -2.41. The molecule has 0 aromatic heterocycles. The summed E-state index contributed by atoms with van der Waals surface area (Å²) >= 11 is 5.84. The van der Waals surface area contributed by atoms with E-state index in [0.717, 1.165) is 22.0 Å². The van der Waals surface area contributed by atoms with Crippen LogP contribution in [0.25, 0.3) is 0 Å². The van der Waals surface area contributed by atoms with E-state index in [1.807, 2.05) is 0 Å². The summed E-state index contributed by atoms with van der Waals surface area (Å²) < 4.78 is 39.3. The molecule has 0 spiro atoms. The molecule has 2 aromatic carbocycles. The van der Waals surface area contributed by atoms with Gasteiger partial charge in [0, 0.05) is 11.6 Å². The highest BCUT2D eigenvalue weighted by atomic mass is 35.5. The van der Waals surface area contributed by atoms with Crippen molar-refractivity contribution in [2.24, 2.45) is 0 Å². The lowest BCUT2D eigenvalue weighted by molar-refractivity contribution is -0.121. The maximum atomic E-state index is 13.0. The van der Waals surface area contributed by atoms with Crippen molar-refractivity contribution in [1.82, 2.24) is 9.62 Å². The van der Waals surface area contributed by atoms with E-state index in [1.54, 1.807) is 38.1 Å². The Morgan fingerprint density at radius 2 is 1.73 bits per heavy atom. The first-order chi connectivity index (χ1) is 12.2. The summed E-state index contributed by atoms with van der Waals surface area (Å²) in [7, 11) is -3.88. The van der Waals surface area contributed by atoms with Gasteiger partial charge in [0.1, 0.15) is 5.82 Å². The average molecular weight is 399 g/mol. The molecule has 140 valence electrons. The van der Waals surface area contributed by atoms with Crippen LogP contribution in [0, 0.1) is 5.82 Å². The van der Waals surface area contributed by atoms with Crippen molar-refractivity contribution >= 4 is 27.5 Å². The molecular formula is C18H20ClFN2O3S. The van der Waals surface area contributed by atoms with Crippen LogP contribution >= 0.6 is 11.6 Å². The van der Waals surface area contributed by atoms with Crippen molar-refractivity contribution < 1.29 is 17.6 Å². The van der Waals surface area contributed by atoms with Gasteiger partial charge in [-0.2, -0.15) is 4.31 Å². The van der Waals surface area contributed by atoms with Gasteiger partial charge < -0.3 is 5.32 Å². The molecule has 0 saturated carbocycles. The van der Waals surface area contributed by atoms with Crippen LogP contribution in [-0.2, 0) is 14.8 Å². The number of rotatable bonds is 7. The Labute approximate surface area is 157 Å². The first-order valence-corrected chi connectivity index (χ1v) is 9.86. The van der Waals surface area contributed by atoms with E-state index in [-0.39, 0.29) is 24.0 Å². The number of nitrogens with one attached hydrogen (secondary N) is 1. The fourth-order valence-electron chi connectivity index (χ4n) is 2.40. The van der Waals surface area contributed by atoms with Crippen LogP contribution in [0.4, 0.5) is 4.39 Å². The number of sulfonamides is 1. The zero-order valence-corrected chi connectivity index (χ0v) is 16.0. The summed E-state index contributed by atoms with van der Waals surface area (Å²) in [6.45, 7) is 3.22. The maximum absolute atomic E-state index is 13.0. The first kappa shape index (κ1) is 20.4. The van der Waals surface area contributed by atoms with E-state index in [9.17, 15) is 17.6 Å². The molecule has 5 nitrogen and oxygen atoms in total. The average Bonchev–Trinajstić information content (AvgIpc) is 2.60. The van der Waals surface area contributed by atoms with Gasteiger partial charge in [0.25, 0.3) is 0 Å². The van der Waals surface area contributed by atoms with Gasteiger partial charge in [0.2, 0.25) is 15.9 Å². The lowest BCUT2D eigenvalue weighted by Gasteiger charge is -2.22. The molecule has 0 fully saturated rings. The smallest absolute Gasteiger partial charge is 0.243 e. The molecule has 1 amide bonds. The molecule has 0 aliphatic carbocycles. The van der Waals surface area contributed by atoms with Crippen molar-refractivity contribution in [2.75, 3.05) is 13.1 Å². The van der Waals surface area contributed by atoms with E-state index < -0.39 is 21.7 Å². The van der Waals surface area contributed by atoms with Crippen LogP contribution in [-0.4, -0.2) is 31.7 Å². The number of benzene rings is 2. The van der Waals surface area contributed by atoms with Crippen molar-refractivity contribution in [3.8, 4) is 0 Å². The Hall–Kier alpha value is -1.96. The Balaban J connectivity index is 2.07. The van der Waals surface area contributed by atoms with Crippen molar-refractivity contribution in [3.63, 3.8) is 0 Å². The molecule has 0 aliphatic heterocycles.